The van der Waals surface area contributed by atoms with E-state index in [1.165, 1.54) is 24.3 Å². The van der Waals surface area contributed by atoms with Gasteiger partial charge in [-0.15, -0.1) is 11.8 Å². The van der Waals surface area contributed by atoms with Gasteiger partial charge in [0.25, 0.3) is 15.9 Å². The molecule has 4 rings (SSSR count). The standard InChI is InChI=1S/C24H27ClF3N3O5S2/c1-18(19-8-4-2-5-9-19)29-14-12-20(13-15-29)35-23(16-37-17-30(23)25)31(36-22(32)24(26,27)28)38(33,34)21-10-6-3-7-11-21/h2-11,18,20H,12-17H2,1H3/t18?,23-/m0/s1. The molecule has 0 radical (unpaired) electrons. The summed E-state index contributed by atoms with van der Waals surface area (Å²) in [5.74, 6) is -5.06. The maximum absolute atomic E-state index is 13.6. The van der Waals surface area contributed by atoms with Crippen LogP contribution in [0.25, 0.3) is 0 Å². The molecular weight excluding hydrogens is 567 g/mol. The molecule has 0 spiro atoms. The molecule has 0 saturated carbocycles. The van der Waals surface area contributed by atoms with Gasteiger partial charge in [0.1, 0.15) is 0 Å². The van der Waals surface area contributed by atoms with Crippen LogP contribution in [0.1, 0.15) is 31.4 Å². The van der Waals surface area contributed by atoms with Gasteiger partial charge in [0.15, 0.2) is 0 Å². The highest BCUT2D eigenvalue weighted by Gasteiger charge is 2.59. The second kappa shape index (κ2) is 11.7. The Labute approximate surface area is 228 Å². The molecule has 2 aliphatic heterocycles. The smallest absolute Gasteiger partial charge is 0.341 e. The van der Waals surface area contributed by atoms with Gasteiger partial charge < -0.3 is 9.57 Å². The predicted octanol–water partition coefficient (Wildman–Crippen LogP) is 4.75. The number of nitrogens with zero attached hydrogens (tertiary/aromatic N) is 3. The van der Waals surface area contributed by atoms with Crippen LogP contribution in [-0.4, -0.2) is 71.0 Å². The number of piperidine rings is 1. The maximum Gasteiger partial charge on any atom is 0.492 e. The molecule has 2 atom stereocenters. The van der Waals surface area contributed by atoms with Crippen molar-refractivity contribution in [2.24, 2.45) is 0 Å². The van der Waals surface area contributed by atoms with Gasteiger partial charge in [-0.2, -0.15) is 17.6 Å². The number of likely N-dealkylation sites (tertiary alicyclic amines) is 1. The first kappa shape index (κ1) is 29.1. The van der Waals surface area contributed by atoms with Gasteiger partial charge in [0, 0.05) is 23.6 Å². The first-order valence-electron chi connectivity index (χ1n) is 11.8. The molecule has 38 heavy (non-hydrogen) atoms. The number of hydrogen-bond donors (Lipinski definition) is 0. The number of hydroxylamine groups is 1. The molecule has 14 heteroatoms. The number of carbonyl (C=O) groups excluding carboxylic acids is 1. The fourth-order valence-corrected chi connectivity index (χ4v) is 7.49. The first-order chi connectivity index (χ1) is 17.9. The lowest BCUT2D eigenvalue weighted by atomic mass is 10.0. The zero-order valence-electron chi connectivity index (χ0n) is 20.4. The van der Waals surface area contributed by atoms with Gasteiger partial charge in [-0.25, -0.2) is 13.2 Å². The number of hydrogen-bond acceptors (Lipinski definition) is 8. The number of halogens is 4. The van der Waals surface area contributed by atoms with E-state index in [0.29, 0.717) is 25.9 Å². The fourth-order valence-electron chi connectivity index (χ4n) is 4.42. The highest BCUT2D eigenvalue weighted by atomic mass is 35.5. The molecule has 0 aromatic heterocycles. The van der Waals surface area contributed by atoms with Crippen LogP contribution in [0.15, 0.2) is 65.6 Å². The van der Waals surface area contributed by atoms with Crippen molar-refractivity contribution in [2.45, 2.75) is 48.8 Å². The molecule has 2 saturated heterocycles. The molecule has 0 amide bonds. The Bertz CT molecular complexity index is 1200. The van der Waals surface area contributed by atoms with E-state index in [4.69, 9.17) is 16.5 Å². The molecule has 0 bridgehead atoms. The quantitative estimate of drug-likeness (QED) is 0.246. The van der Waals surface area contributed by atoms with Gasteiger partial charge >= 0.3 is 12.1 Å². The van der Waals surface area contributed by atoms with E-state index in [1.807, 2.05) is 30.3 Å². The highest BCUT2D eigenvalue weighted by Crippen LogP contribution is 2.42. The van der Waals surface area contributed by atoms with Crippen molar-refractivity contribution >= 4 is 39.5 Å². The minimum Gasteiger partial charge on any atom is -0.341 e. The molecule has 0 aliphatic carbocycles. The number of thioether (sulfide) groups is 1. The molecule has 2 aromatic rings. The van der Waals surface area contributed by atoms with E-state index in [9.17, 15) is 26.4 Å². The zero-order chi connectivity index (χ0) is 27.6. The first-order valence-corrected chi connectivity index (χ1v) is 14.8. The number of ether oxygens (including phenoxy) is 1. The van der Waals surface area contributed by atoms with Crippen molar-refractivity contribution in [1.29, 1.82) is 0 Å². The van der Waals surface area contributed by atoms with Gasteiger partial charge in [-0.3, -0.25) is 4.90 Å². The van der Waals surface area contributed by atoms with Crippen LogP contribution in [0.5, 0.6) is 0 Å². The maximum atomic E-state index is 13.6. The number of benzene rings is 2. The summed E-state index contributed by atoms with van der Waals surface area (Å²) < 4.78 is 74.0. The average Bonchev–Trinajstić information content (AvgIpc) is 3.27. The molecule has 208 valence electrons. The Kier molecular flexibility index (Phi) is 8.97. The Balaban J connectivity index is 1.60. The second-order valence-electron chi connectivity index (χ2n) is 8.94. The molecule has 1 unspecified atom stereocenters. The molecule has 2 aliphatic rings. The SMILES string of the molecule is CC(c1ccccc1)N1CCC(O[C@@]2(N(OC(=O)C(F)(F)F)S(=O)(=O)c3ccccc3)CSCN2Cl)CC1. The van der Waals surface area contributed by atoms with Crippen molar-refractivity contribution in [3.8, 4) is 0 Å². The van der Waals surface area contributed by atoms with E-state index in [1.54, 1.807) is 6.07 Å². The minimum absolute atomic E-state index is 0.0167. The highest BCUT2D eigenvalue weighted by molar-refractivity contribution is 7.99. The molecule has 2 fully saturated rings. The Morgan fingerprint density at radius 3 is 2.21 bits per heavy atom. The summed E-state index contributed by atoms with van der Waals surface area (Å²) in [6, 6.07) is 16.8. The monoisotopic (exact) mass is 593 g/mol. The summed E-state index contributed by atoms with van der Waals surface area (Å²) in [5, 5.41) is 0. The molecule has 2 aromatic carbocycles. The van der Waals surface area contributed by atoms with E-state index in [-0.39, 0.29) is 27.0 Å². The topological polar surface area (TPSA) is 79.4 Å². The van der Waals surface area contributed by atoms with Crippen molar-refractivity contribution in [3.63, 3.8) is 0 Å². The van der Waals surface area contributed by atoms with Crippen LogP contribution in [-0.2, 0) is 24.4 Å². The lowest BCUT2D eigenvalue weighted by Gasteiger charge is -2.44. The third-order valence-electron chi connectivity index (χ3n) is 6.48. The van der Waals surface area contributed by atoms with E-state index in [2.05, 4.69) is 16.7 Å². The van der Waals surface area contributed by atoms with Crippen molar-refractivity contribution in [3.05, 3.63) is 66.2 Å². The van der Waals surface area contributed by atoms with Gasteiger partial charge in [-0.05, 0) is 49.2 Å². The summed E-state index contributed by atoms with van der Waals surface area (Å²) in [6.07, 6.45) is -5.10. The normalized spacial score (nSPS) is 23.0. The van der Waals surface area contributed by atoms with E-state index in [0.717, 1.165) is 21.7 Å². The fraction of sp³-hybridized carbons (Fsp3) is 0.458. The second-order valence-corrected chi connectivity index (χ2v) is 12.1. The Morgan fingerprint density at radius 1 is 1.11 bits per heavy atom. The molecular formula is C24H27ClF3N3O5S2. The third kappa shape index (κ3) is 6.14. The summed E-state index contributed by atoms with van der Waals surface area (Å²) >= 11 is 7.53. The molecule has 0 N–H and O–H groups in total. The van der Waals surface area contributed by atoms with Gasteiger partial charge in [0.05, 0.1) is 22.6 Å². The lowest BCUT2D eigenvalue weighted by Crippen LogP contribution is -2.63. The average molecular weight is 594 g/mol. The number of rotatable bonds is 8. The van der Waals surface area contributed by atoms with Crippen molar-refractivity contribution < 1.29 is 36.0 Å². The summed E-state index contributed by atoms with van der Waals surface area (Å²) in [7, 11) is -4.83. The van der Waals surface area contributed by atoms with E-state index < -0.39 is 34.1 Å². The zero-order valence-corrected chi connectivity index (χ0v) is 22.8. The van der Waals surface area contributed by atoms with Crippen LogP contribution in [0.4, 0.5) is 13.2 Å². The minimum atomic E-state index is -5.45. The van der Waals surface area contributed by atoms with Crippen LogP contribution < -0.4 is 0 Å². The summed E-state index contributed by atoms with van der Waals surface area (Å²) in [4.78, 5) is 18.3. The molecule has 8 nitrogen and oxygen atoms in total. The third-order valence-corrected chi connectivity index (χ3v) is 9.69. The van der Waals surface area contributed by atoms with E-state index >= 15 is 0 Å². The van der Waals surface area contributed by atoms with Crippen molar-refractivity contribution in [1.82, 2.24) is 13.8 Å². The largest absolute Gasteiger partial charge is 0.492 e. The number of carbonyl (C=O) groups is 1. The summed E-state index contributed by atoms with van der Waals surface area (Å²) in [6.45, 7) is 3.27. The van der Waals surface area contributed by atoms with Crippen molar-refractivity contribution in [2.75, 3.05) is 24.7 Å². The van der Waals surface area contributed by atoms with Crippen LogP contribution in [0, 0.1) is 0 Å². The summed E-state index contributed by atoms with van der Waals surface area (Å²) in [5.41, 5.74) is 1.14. The number of alkyl halides is 3. The van der Waals surface area contributed by atoms with Crippen LogP contribution in [0.2, 0.25) is 0 Å². The number of sulfonamides is 1. The Hall–Kier alpha value is -1.87. The van der Waals surface area contributed by atoms with Crippen LogP contribution in [0.3, 0.4) is 0 Å². The molecule has 2 heterocycles. The van der Waals surface area contributed by atoms with Gasteiger partial charge in [-0.1, -0.05) is 48.5 Å². The lowest BCUT2D eigenvalue weighted by molar-refractivity contribution is -0.302. The predicted molar refractivity (Wildman–Crippen MR) is 136 cm³/mol. The van der Waals surface area contributed by atoms with Gasteiger partial charge in [0.2, 0.25) is 0 Å². The van der Waals surface area contributed by atoms with Crippen LogP contribution >= 0.6 is 23.5 Å². The Morgan fingerprint density at radius 2 is 1.68 bits per heavy atom.